The molecule has 1 aliphatic carbocycles. The van der Waals surface area contributed by atoms with Gasteiger partial charge in [0.25, 0.3) is 0 Å². The number of rotatable bonds is 2. The van der Waals surface area contributed by atoms with Crippen molar-refractivity contribution in [2.45, 2.75) is 66.2 Å². The molecule has 28 heavy (non-hydrogen) atoms. The van der Waals surface area contributed by atoms with Crippen LogP contribution in [-0.4, -0.2) is 9.13 Å². The number of imidazole rings is 1. The van der Waals surface area contributed by atoms with E-state index in [1.54, 1.807) is 34.4 Å². The summed E-state index contributed by atoms with van der Waals surface area (Å²) in [6.45, 7) is 10.5. The van der Waals surface area contributed by atoms with Gasteiger partial charge < -0.3 is 0 Å². The fourth-order valence-corrected chi connectivity index (χ4v) is 4.10. The minimum absolute atomic E-state index is 0.0283. The maximum Gasteiger partial charge on any atom is 0.328 e. The van der Waals surface area contributed by atoms with Crippen molar-refractivity contribution < 1.29 is 0 Å². The molecular weight excluding hydrogens is 344 g/mol. The summed E-state index contributed by atoms with van der Waals surface area (Å²) in [6, 6.07) is 13.0. The summed E-state index contributed by atoms with van der Waals surface area (Å²) in [5.41, 5.74) is 7.83. The molecular formula is C25H36N2O. The average molecular weight is 381 g/mol. The Morgan fingerprint density at radius 2 is 1.54 bits per heavy atom. The molecule has 1 unspecified atom stereocenters. The Morgan fingerprint density at radius 1 is 0.929 bits per heavy atom. The summed E-state index contributed by atoms with van der Waals surface area (Å²) in [6.07, 6.45) is 5.38. The summed E-state index contributed by atoms with van der Waals surface area (Å²) in [4.78, 5) is 11.5. The molecule has 3 nitrogen and oxygen atoms in total. The van der Waals surface area contributed by atoms with E-state index < -0.39 is 0 Å². The van der Waals surface area contributed by atoms with E-state index in [9.17, 15) is 4.79 Å². The Hall–Kier alpha value is -2.29. The molecule has 0 amide bonds. The molecule has 1 heterocycles. The lowest BCUT2D eigenvalue weighted by molar-refractivity contribution is 0.608. The van der Waals surface area contributed by atoms with Gasteiger partial charge in [0.2, 0.25) is 0 Å². The van der Waals surface area contributed by atoms with Crippen LogP contribution in [0.4, 0.5) is 0 Å². The molecule has 1 aromatic heterocycles. The number of aryl methyl sites for hydroxylation is 5. The number of nitrogens with zero attached hydrogens (tertiary/aromatic N) is 2. The Balaban J connectivity index is 0.000000184. The lowest BCUT2D eigenvalue weighted by atomic mass is 9.96. The van der Waals surface area contributed by atoms with E-state index in [0.29, 0.717) is 0 Å². The van der Waals surface area contributed by atoms with Gasteiger partial charge in [-0.1, -0.05) is 57.0 Å². The molecule has 0 bridgehead atoms. The van der Waals surface area contributed by atoms with Crippen LogP contribution in [0, 0.1) is 13.8 Å². The van der Waals surface area contributed by atoms with Gasteiger partial charge in [-0.25, -0.2) is 4.79 Å². The molecule has 1 aliphatic rings. The summed E-state index contributed by atoms with van der Waals surface area (Å²) < 4.78 is 3.33. The van der Waals surface area contributed by atoms with Gasteiger partial charge in [-0.15, -0.1) is 0 Å². The Morgan fingerprint density at radius 3 is 2.21 bits per heavy atom. The fourth-order valence-electron chi connectivity index (χ4n) is 4.10. The predicted molar refractivity (Wildman–Crippen MR) is 121 cm³/mol. The molecule has 0 N–H and O–H groups in total. The third-order valence-electron chi connectivity index (χ3n) is 5.57. The van der Waals surface area contributed by atoms with Crippen molar-refractivity contribution in [1.29, 1.82) is 0 Å². The van der Waals surface area contributed by atoms with Gasteiger partial charge in [-0.3, -0.25) is 9.13 Å². The molecule has 0 aliphatic heterocycles. The topological polar surface area (TPSA) is 26.9 Å². The van der Waals surface area contributed by atoms with Crippen molar-refractivity contribution in [1.82, 2.24) is 9.13 Å². The second kappa shape index (κ2) is 9.77. The van der Waals surface area contributed by atoms with Crippen molar-refractivity contribution in [3.05, 3.63) is 69.1 Å². The van der Waals surface area contributed by atoms with Gasteiger partial charge in [-0.05, 0) is 67.9 Å². The van der Waals surface area contributed by atoms with Crippen LogP contribution >= 0.6 is 0 Å². The van der Waals surface area contributed by atoms with Crippen LogP contribution in [0.25, 0.3) is 11.0 Å². The molecule has 0 saturated carbocycles. The molecule has 4 rings (SSSR count). The zero-order valence-corrected chi connectivity index (χ0v) is 18.7. The minimum Gasteiger partial charge on any atom is -0.295 e. The molecule has 2 aromatic carbocycles. The highest BCUT2D eigenvalue weighted by Gasteiger charge is 2.20. The van der Waals surface area contributed by atoms with E-state index in [1.807, 2.05) is 39.0 Å². The lowest BCUT2D eigenvalue weighted by Crippen LogP contribution is -2.19. The highest BCUT2D eigenvalue weighted by atomic mass is 16.1. The van der Waals surface area contributed by atoms with Crippen molar-refractivity contribution in [3.63, 3.8) is 0 Å². The molecule has 3 heteroatoms. The van der Waals surface area contributed by atoms with Crippen molar-refractivity contribution in [3.8, 4) is 0 Å². The second-order valence-corrected chi connectivity index (χ2v) is 7.62. The average Bonchev–Trinajstić information content (AvgIpc) is 3.18. The SMILES string of the molecule is CC.CCCC1CCc2cc(C)ccc21.Cc1ccc2c(c1)n(C)c(=O)n2C. The Bertz CT molecular complexity index is 978. The highest BCUT2D eigenvalue weighted by molar-refractivity contribution is 5.76. The number of hydrogen-bond acceptors (Lipinski definition) is 1. The van der Waals surface area contributed by atoms with Gasteiger partial charge in [-0.2, -0.15) is 0 Å². The molecule has 0 spiro atoms. The first-order chi connectivity index (χ1) is 13.4. The van der Waals surface area contributed by atoms with E-state index in [1.165, 1.54) is 36.8 Å². The molecule has 3 aromatic rings. The largest absolute Gasteiger partial charge is 0.328 e. The zero-order valence-electron chi connectivity index (χ0n) is 18.7. The van der Waals surface area contributed by atoms with Crippen molar-refractivity contribution in [2.24, 2.45) is 14.1 Å². The van der Waals surface area contributed by atoms with Crippen LogP contribution < -0.4 is 5.69 Å². The van der Waals surface area contributed by atoms with E-state index in [0.717, 1.165) is 17.0 Å². The summed E-state index contributed by atoms with van der Waals surface area (Å²) in [5, 5.41) is 0. The summed E-state index contributed by atoms with van der Waals surface area (Å²) >= 11 is 0. The minimum atomic E-state index is 0.0283. The maximum absolute atomic E-state index is 11.5. The maximum atomic E-state index is 11.5. The second-order valence-electron chi connectivity index (χ2n) is 7.62. The number of aromatic nitrogens is 2. The monoisotopic (exact) mass is 380 g/mol. The molecule has 152 valence electrons. The van der Waals surface area contributed by atoms with Gasteiger partial charge in [0, 0.05) is 14.1 Å². The van der Waals surface area contributed by atoms with E-state index in [-0.39, 0.29) is 5.69 Å². The Labute approximate surface area is 170 Å². The molecule has 0 radical (unpaired) electrons. The fraction of sp³-hybridized carbons (Fsp3) is 0.480. The molecule has 1 atom stereocenters. The van der Waals surface area contributed by atoms with Crippen LogP contribution in [0.1, 0.15) is 68.2 Å². The number of benzene rings is 2. The normalized spacial score (nSPS) is 14.8. The van der Waals surface area contributed by atoms with Crippen LogP contribution in [0.2, 0.25) is 0 Å². The third kappa shape index (κ3) is 4.57. The van der Waals surface area contributed by atoms with Crippen LogP contribution in [0.5, 0.6) is 0 Å². The summed E-state index contributed by atoms with van der Waals surface area (Å²) in [5.74, 6) is 0.862. The van der Waals surface area contributed by atoms with Crippen LogP contribution in [0.3, 0.4) is 0 Å². The van der Waals surface area contributed by atoms with Crippen LogP contribution in [0.15, 0.2) is 41.2 Å². The standard InChI is InChI=1S/C13H18.C10H12N2O.C2H6/c1-3-4-11-6-7-12-9-10(2)5-8-13(11)12;1-7-4-5-8-9(6-7)12(3)10(13)11(8)2;1-2/h5,8-9,11H,3-4,6-7H2,1-2H3;4-6H,1-3H3;1-2H3. The highest BCUT2D eigenvalue weighted by Crippen LogP contribution is 2.36. The van der Waals surface area contributed by atoms with Crippen molar-refractivity contribution >= 4 is 11.0 Å². The first kappa shape index (κ1) is 22.0. The number of fused-ring (bicyclic) bond motifs is 2. The van der Waals surface area contributed by atoms with Gasteiger partial charge in [0.1, 0.15) is 0 Å². The first-order valence-corrected chi connectivity index (χ1v) is 10.6. The van der Waals surface area contributed by atoms with E-state index >= 15 is 0 Å². The Kier molecular flexibility index (Phi) is 7.68. The quantitative estimate of drug-likeness (QED) is 0.533. The predicted octanol–water partition coefficient (Wildman–Crippen LogP) is 6.04. The van der Waals surface area contributed by atoms with Gasteiger partial charge in [0.15, 0.2) is 0 Å². The van der Waals surface area contributed by atoms with E-state index in [2.05, 4.69) is 32.0 Å². The lowest BCUT2D eigenvalue weighted by Gasteiger charge is -2.09. The smallest absolute Gasteiger partial charge is 0.295 e. The van der Waals surface area contributed by atoms with Gasteiger partial charge in [0.05, 0.1) is 11.0 Å². The van der Waals surface area contributed by atoms with E-state index in [4.69, 9.17) is 0 Å². The van der Waals surface area contributed by atoms with Crippen molar-refractivity contribution in [2.75, 3.05) is 0 Å². The third-order valence-corrected chi connectivity index (χ3v) is 5.57. The van der Waals surface area contributed by atoms with Gasteiger partial charge >= 0.3 is 5.69 Å². The zero-order chi connectivity index (χ0) is 20.8. The molecule has 0 saturated heterocycles. The van der Waals surface area contributed by atoms with Crippen LogP contribution in [-0.2, 0) is 20.5 Å². The summed E-state index contributed by atoms with van der Waals surface area (Å²) in [7, 11) is 3.59. The molecule has 0 fully saturated rings. The number of hydrogen-bond donors (Lipinski definition) is 0. The first-order valence-electron chi connectivity index (χ1n) is 10.6.